The molecule has 1 aromatic carbocycles. The van der Waals surface area contributed by atoms with Crippen molar-refractivity contribution >= 4 is 28.5 Å². The number of carbonyl (C=O) groups excluding carboxylic acids is 1. The van der Waals surface area contributed by atoms with Crippen LogP contribution in [-0.4, -0.2) is 40.4 Å². The molecule has 1 saturated heterocycles. The molecule has 3 rings (SSSR count). The quantitative estimate of drug-likeness (QED) is 0.206. The zero-order chi connectivity index (χ0) is 24.4. The Balaban J connectivity index is 1.61. The Labute approximate surface area is 201 Å². The van der Waals surface area contributed by atoms with E-state index in [-0.39, 0.29) is 16.4 Å². The number of hydrogen-bond donors (Lipinski definition) is 2. The van der Waals surface area contributed by atoms with Crippen molar-refractivity contribution in [1.29, 1.82) is 0 Å². The van der Waals surface area contributed by atoms with Crippen molar-refractivity contribution in [2.45, 2.75) is 75.4 Å². The third kappa shape index (κ3) is 5.99. The van der Waals surface area contributed by atoms with Gasteiger partial charge in [0, 0.05) is 10.1 Å². The van der Waals surface area contributed by atoms with E-state index < -0.39 is 41.3 Å². The number of likely N-dealkylation sites (tertiary alicyclic amines) is 1. The number of hydroxylamine groups is 1. The number of nitrogens with one attached hydrogen (secondary N) is 1. The van der Waals surface area contributed by atoms with Crippen LogP contribution in [0.3, 0.4) is 0 Å². The van der Waals surface area contributed by atoms with Crippen molar-refractivity contribution in [3.05, 3.63) is 42.8 Å². The number of amides is 1. The van der Waals surface area contributed by atoms with E-state index in [1.54, 1.807) is 0 Å². The Morgan fingerprint density at radius 2 is 2.03 bits per heavy atom. The number of nitrogens with zero attached hydrogens (tertiary/aromatic N) is 3. The van der Waals surface area contributed by atoms with Crippen molar-refractivity contribution in [2.75, 3.05) is 6.54 Å². The van der Waals surface area contributed by atoms with Crippen LogP contribution >= 0.6 is 22.6 Å². The van der Waals surface area contributed by atoms with E-state index >= 15 is 0 Å². The smallest absolute Gasteiger partial charge is 0.420 e. The van der Waals surface area contributed by atoms with Crippen LogP contribution in [-0.2, 0) is 17.4 Å². The highest BCUT2D eigenvalue weighted by molar-refractivity contribution is 14.1. The topological polar surface area (TPSA) is 114 Å². The molecule has 1 saturated carbocycles. The molecule has 0 aromatic heterocycles. The van der Waals surface area contributed by atoms with Gasteiger partial charge in [-0.05, 0) is 96.8 Å². The van der Waals surface area contributed by atoms with E-state index in [4.69, 9.17) is 5.73 Å². The molecule has 1 amide bonds. The molecular weight excluding hydrogens is 561 g/mol. The Morgan fingerprint density at radius 1 is 1.36 bits per heavy atom. The van der Waals surface area contributed by atoms with Crippen LogP contribution in [0, 0.1) is 19.5 Å². The van der Waals surface area contributed by atoms with Gasteiger partial charge in [-0.25, -0.2) is 9.82 Å². The summed E-state index contributed by atoms with van der Waals surface area (Å²) in [5, 5.41) is 16.3. The first kappa shape index (κ1) is 26.2. The number of halogens is 5. The summed E-state index contributed by atoms with van der Waals surface area (Å²) in [6, 6.07) is 1.00. The van der Waals surface area contributed by atoms with Gasteiger partial charge < -0.3 is 15.8 Å². The van der Waals surface area contributed by atoms with Crippen LogP contribution < -0.4 is 11.2 Å². The van der Waals surface area contributed by atoms with Crippen LogP contribution in [0.2, 0.25) is 0 Å². The number of hydrazine groups is 1. The second-order valence-corrected chi connectivity index (χ2v) is 9.66. The minimum Gasteiger partial charge on any atom is -0.770 e. The highest BCUT2D eigenvalue weighted by atomic mass is 127. The summed E-state index contributed by atoms with van der Waals surface area (Å²) in [5.41, 5.74) is 6.46. The summed E-state index contributed by atoms with van der Waals surface area (Å²) in [5.74, 6) is -1.86. The molecule has 8 nitrogen and oxygen atoms in total. The first-order valence-electron chi connectivity index (χ1n) is 10.7. The lowest BCUT2D eigenvalue weighted by molar-refractivity contribution is -0.140. The molecule has 0 radical (unpaired) electrons. The number of nitroso groups, excluding NO2 is 1. The molecule has 2 fully saturated rings. The van der Waals surface area contributed by atoms with E-state index in [0.29, 0.717) is 43.0 Å². The fourth-order valence-electron chi connectivity index (χ4n) is 4.41. The maximum absolute atomic E-state index is 14.0. The van der Waals surface area contributed by atoms with Crippen molar-refractivity contribution in [1.82, 2.24) is 15.5 Å². The summed E-state index contributed by atoms with van der Waals surface area (Å²) in [6.07, 6.45) is -2.08. The maximum atomic E-state index is 14.0. The molecule has 33 heavy (non-hydrogen) atoms. The summed E-state index contributed by atoms with van der Waals surface area (Å²) >= 11 is 1.43. The molecule has 1 aromatic rings. The van der Waals surface area contributed by atoms with Crippen molar-refractivity contribution < 1.29 is 22.4 Å². The normalized spacial score (nSPS) is 21.6. The molecule has 0 spiro atoms. The Morgan fingerprint density at radius 3 is 2.61 bits per heavy atom. The predicted octanol–water partition coefficient (Wildman–Crippen LogP) is 4.00. The van der Waals surface area contributed by atoms with Gasteiger partial charge in [0.25, 0.3) is 0 Å². The maximum Gasteiger partial charge on any atom is 0.420 e. The molecule has 2 aliphatic rings. The number of nitrogens with two attached hydrogens (primary N) is 1. The molecular formula is C20H25F4IN5O3-. The summed E-state index contributed by atoms with van der Waals surface area (Å²) < 4.78 is 52.5. The van der Waals surface area contributed by atoms with Gasteiger partial charge in [0.2, 0.25) is 5.91 Å². The molecule has 0 bridgehead atoms. The Bertz CT molecular complexity index is 859. The summed E-state index contributed by atoms with van der Waals surface area (Å²) in [4.78, 5) is 25.5. The zero-order valence-electron chi connectivity index (χ0n) is 17.7. The van der Waals surface area contributed by atoms with Crippen molar-refractivity contribution in [3.8, 4) is 0 Å². The van der Waals surface area contributed by atoms with Gasteiger partial charge in [-0.1, -0.05) is 0 Å². The lowest BCUT2D eigenvalue weighted by Crippen LogP contribution is -2.58. The molecule has 2 atom stereocenters. The second kappa shape index (κ2) is 10.5. The van der Waals surface area contributed by atoms with Gasteiger partial charge in [-0.2, -0.15) is 13.2 Å². The van der Waals surface area contributed by atoms with Crippen LogP contribution in [0.5, 0.6) is 0 Å². The van der Waals surface area contributed by atoms with Gasteiger partial charge >= 0.3 is 6.18 Å². The van der Waals surface area contributed by atoms with Gasteiger partial charge in [0.1, 0.15) is 11.4 Å². The Hall–Kier alpha value is -1.42. The highest BCUT2D eigenvalue weighted by Crippen LogP contribution is 2.36. The largest absolute Gasteiger partial charge is 0.770 e. The number of hydrogen-bond acceptors (Lipinski definition) is 7. The monoisotopic (exact) mass is 586 g/mol. The minimum absolute atomic E-state index is 0.0645. The lowest BCUT2D eigenvalue weighted by atomic mass is 10.0. The Kier molecular flexibility index (Phi) is 8.30. The molecule has 184 valence electrons. The first-order chi connectivity index (χ1) is 15.5. The molecule has 3 N–H and O–H groups in total. The number of aryl methyl sites for hydroxylation is 1. The number of rotatable bonds is 8. The van der Waals surface area contributed by atoms with Crippen LogP contribution in [0.4, 0.5) is 17.6 Å². The van der Waals surface area contributed by atoms with Gasteiger partial charge in [-0.3, -0.25) is 9.97 Å². The fourth-order valence-corrected chi connectivity index (χ4v) is 5.38. The summed E-state index contributed by atoms with van der Waals surface area (Å²) in [6.45, 7) is 0.311. The van der Waals surface area contributed by atoms with Gasteiger partial charge in [-0.15, -0.1) is 4.91 Å². The van der Waals surface area contributed by atoms with Gasteiger partial charge in [0.05, 0.1) is 12.2 Å². The lowest BCUT2D eigenvalue weighted by Gasteiger charge is -2.44. The standard InChI is InChI=1S/C20H25F4IN5O3/c21-13-10-12(11-14(25)17(13)20(22,23)24)5-6-15(26)18(31)29-9-3-4-16(29)30(33)27-19(28-32)7-1-2-8-19/h10-11,15-16,27H,1-9,26H2/q-1/t15-,16+/m0/s1. The molecule has 1 aliphatic carbocycles. The number of carbonyl (C=O) groups is 1. The van der Waals surface area contributed by atoms with Crippen molar-refractivity contribution in [2.24, 2.45) is 10.9 Å². The first-order valence-corrected chi connectivity index (χ1v) is 11.8. The van der Waals surface area contributed by atoms with Crippen LogP contribution in [0.15, 0.2) is 17.3 Å². The molecule has 0 unspecified atom stereocenters. The van der Waals surface area contributed by atoms with E-state index in [1.165, 1.54) is 33.6 Å². The SMILES string of the molecule is N[C@@H](CCc1cc(F)c(C(F)(F)F)c(I)c1)C(=O)N1CCC[C@H]1N([O-])NC1(N=O)CCCC1. The van der Waals surface area contributed by atoms with E-state index in [2.05, 4.69) is 10.6 Å². The molecule has 1 aliphatic heterocycles. The van der Waals surface area contributed by atoms with E-state index in [0.717, 1.165) is 18.9 Å². The zero-order valence-corrected chi connectivity index (χ0v) is 19.9. The average Bonchev–Trinajstić information content (AvgIpc) is 3.40. The minimum atomic E-state index is -4.80. The van der Waals surface area contributed by atoms with E-state index in [9.17, 15) is 32.5 Å². The second-order valence-electron chi connectivity index (χ2n) is 8.50. The summed E-state index contributed by atoms with van der Waals surface area (Å²) in [7, 11) is 0. The van der Waals surface area contributed by atoms with Gasteiger partial charge in [0.15, 0.2) is 5.66 Å². The highest BCUT2D eigenvalue weighted by Gasteiger charge is 2.40. The molecule has 13 heteroatoms. The molecule has 1 heterocycles. The van der Waals surface area contributed by atoms with Crippen LogP contribution in [0.1, 0.15) is 56.1 Å². The third-order valence-corrected chi connectivity index (χ3v) is 7.00. The van der Waals surface area contributed by atoms with E-state index in [1.807, 2.05) is 0 Å². The van der Waals surface area contributed by atoms with Crippen molar-refractivity contribution in [3.63, 3.8) is 0 Å². The van der Waals surface area contributed by atoms with Crippen LogP contribution in [0.25, 0.3) is 0 Å². The average molecular weight is 586 g/mol. The fraction of sp³-hybridized carbons (Fsp3) is 0.650. The number of benzene rings is 1. The predicted molar refractivity (Wildman–Crippen MR) is 120 cm³/mol. The third-order valence-electron chi connectivity index (χ3n) is 6.15. The number of alkyl halides is 3.